The minimum Gasteiger partial charge on any atom is -0.444 e. The number of carbonyl (C=O) groups is 1. The number of nitrogens with one attached hydrogen (secondary N) is 2. The third kappa shape index (κ3) is 5.39. The normalized spacial score (nSPS) is 27.9. The van der Waals surface area contributed by atoms with E-state index in [4.69, 9.17) is 4.74 Å². The zero-order chi connectivity index (χ0) is 13.9. The van der Waals surface area contributed by atoms with Crippen molar-refractivity contribution in [2.75, 3.05) is 6.54 Å². The predicted octanol–water partition coefficient (Wildman–Crippen LogP) is 2.82. The number of rotatable bonds is 4. The first-order chi connectivity index (χ1) is 8.94. The third-order valence-electron chi connectivity index (χ3n) is 3.84. The van der Waals surface area contributed by atoms with Gasteiger partial charge in [0, 0.05) is 18.6 Å². The van der Waals surface area contributed by atoms with E-state index in [1.54, 1.807) is 0 Å². The second-order valence-electron chi connectivity index (χ2n) is 6.97. The second-order valence-corrected chi connectivity index (χ2v) is 6.97. The molecule has 110 valence electrons. The lowest BCUT2D eigenvalue weighted by atomic mass is 9.84. The van der Waals surface area contributed by atoms with Gasteiger partial charge in [-0.3, -0.25) is 0 Å². The molecule has 4 nitrogen and oxygen atoms in total. The summed E-state index contributed by atoms with van der Waals surface area (Å²) in [5, 5.41) is 6.65. The molecule has 0 saturated heterocycles. The van der Waals surface area contributed by atoms with E-state index >= 15 is 0 Å². The molecule has 0 heterocycles. The summed E-state index contributed by atoms with van der Waals surface area (Å²) in [6.07, 6.45) is 7.41. The Morgan fingerprint density at radius 1 is 1.16 bits per heavy atom. The molecule has 2 aliphatic carbocycles. The molecular weight excluding hydrogens is 240 g/mol. The summed E-state index contributed by atoms with van der Waals surface area (Å²) in [5.41, 5.74) is -0.414. The van der Waals surface area contributed by atoms with Gasteiger partial charge in [0.15, 0.2) is 0 Å². The maximum absolute atomic E-state index is 11.7. The van der Waals surface area contributed by atoms with Crippen LogP contribution in [0.25, 0.3) is 0 Å². The van der Waals surface area contributed by atoms with Gasteiger partial charge in [0.2, 0.25) is 0 Å². The molecule has 4 heteroatoms. The van der Waals surface area contributed by atoms with Crippen LogP contribution in [0.4, 0.5) is 4.79 Å². The van der Waals surface area contributed by atoms with Crippen molar-refractivity contribution in [2.45, 2.75) is 77.0 Å². The molecule has 0 aromatic carbocycles. The van der Waals surface area contributed by atoms with Gasteiger partial charge < -0.3 is 15.4 Å². The summed E-state index contributed by atoms with van der Waals surface area (Å²) in [5.74, 6) is 0.557. The van der Waals surface area contributed by atoms with E-state index < -0.39 is 5.60 Å². The molecule has 2 N–H and O–H groups in total. The Hall–Kier alpha value is -0.770. The molecule has 0 aromatic rings. The Morgan fingerprint density at radius 3 is 2.47 bits per heavy atom. The van der Waals surface area contributed by atoms with E-state index in [1.165, 1.54) is 38.5 Å². The lowest BCUT2D eigenvalue weighted by molar-refractivity contribution is 0.0510. The second kappa shape index (κ2) is 6.12. The quantitative estimate of drug-likeness (QED) is 0.824. The van der Waals surface area contributed by atoms with Crippen molar-refractivity contribution in [2.24, 2.45) is 5.92 Å². The van der Waals surface area contributed by atoms with Crippen molar-refractivity contribution < 1.29 is 9.53 Å². The molecule has 2 aliphatic rings. The monoisotopic (exact) mass is 268 g/mol. The van der Waals surface area contributed by atoms with Gasteiger partial charge in [-0.05, 0) is 52.4 Å². The van der Waals surface area contributed by atoms with Crippen LogP contribution < -0.4 is 10.6 Å². The van der Waals surface area contributed by atoms with Gasteiger partial charge in [0.1, 0.15) is 5.60 Å². The highest BCUT2D eigenvalue weighted by molar-refractivity contribution is 5.67. The van der Waals surface area contributed by atoms with E-state index in [-0.39, 0.29) is 6.09 Å². The van der Waals surface area contributed by atoms with Crippen LogP contribution >= 0.6 is 0 Å². The molecule has 1 amide bonds. The first kappa shape index (κ1) is 14.6. The number of ether oxygens (including phenoxy) is 1. The molecule has 0 bridgehead atoms. The minimum absolute atomic E-state index is 0.289. The summed E-state index contributed by atoms with van der Waals surface area (Å²) >= 11 is 0. The van der Waals surface area contributed by atoms with Gasteiger partial charge in [-0.2, -0.15) is 0 Å². The molecule has 0 radical (unpaired) electrons. The summed E-state index contributed by atoms with van der Waals surface area (Å²) in [7, 11) is 0. The van der Waals surface area contributed by atoms with Crippen molar-refractivity contribution in [1.29, 1.82) is 0 Å². The van der Waals surface area contributed by atoms with E-state index in [0.717, 1.165) is 12.6 Å². The van der Waals surface area contributed by atoms with Crippen molar-refractivity contribution in [3.8, 4) is 0 Å². The standard InChI is InChI=1S/C15H28N2O2/c1-15(2,3)19-14(18)16-10-11-6-4-5-7-13(11)17-12-8-9-12/h11-13,17H,4-10H2,1-3H3,(H,16,18). The van der Waals surface area contributed by atoms with Crippen LogP contribution in [-0.4, -0.2) is 30.3 Å². The average Bonchev–Trinajstić information content (AvgIpc) is 3.09. The maximum atomic E-state index is 11.7. The van der Waals surface area contributed by atoms with Crippen LogP contribution in [0.5, 0.6) is 0 Å². The molecular formula is C15H28N2O2. The van der Waals surface area contributed by atoms with Gasteiger partial charge >= 0.3 is 6.09 Å². The highest BCUT2D eigenvalue weighted by Gasteiger charge is 2.31. The highest BCUT2D eigenvalue weighted by atomic mass is 16.6. The lowest BCUT2D eigenvalue weighted by Gasteiger charge is -2.32. The molecule has 2 atom stereocenters. The molecule has 2 unspecified atom stereocenters. The van der Waals surface area contributed by atoms with Crippen molar-refractivity contribution in [1.82, 2.24) is 10.6 Å². The summed E-state index contributed by atoms with van der Waals surface area (Å²) < 4.78 is 5.29. The fourth-order valence-corrected chi connectivity index (χ4v) is 2.75. The third-order valence-corrected chi connectivity index (χ3v) is 3.84. The fraction of sp³-hybridized carbons (Fsp3) is 0.933. The summed E-state index contributed by atoms with van der Waals surface area (Å²) in [6.45, 7) is 6.42. The molecule has 0 spiro atoms. The molecule has 0 aliphatic heterocycles. The molecule has 19 heavy (non-hydrogen) atoms. The Balaban J connectivity index is 1.74. The average molecular weight is 268 g/mol. The topological polar surface area (TPSA) is 50.4 Å². The maximum Gasteiger partial charge on any atom is 0.407 e. The zero-order valence-electron chi connectivity index (χ0n) is 12.5. The van der Waals surface area contributed by atoms with Crippen LogP contribution in [0.15, 0.2) is 0 Å². The zero-order valence-corrected chi connectivity index (χ0v) is 12.5. The number of carbonyl (C=O) groups excluding carboxylic acids is 1. The fourth-order valence-electron chi connectivity index (χ4n) is 2.75. The molecule has 2 fully saturated rings. The Kier molecular flexibility index (Phi) is 4.71. The summed E-state index contributed by atoms with van der Waals surface area (Å²) in [6, 6.07) is 1.32. The predicted molar refractivity (Wildman–Crippen MR) is 76.1 cm³/mol. The van der Waals surface area contributed by atoms with Crippen molar-refractivity contribution in [3.05, 3.63) is 0 Å². The lowest BCUT2D eigenvalue weighted by Crippen LogP contribution is -2.45. The van der Waals surface area contributed by atoms with Crippen LogP contribution in [0.1, 0.15) is 59.3 Å². The number of alkyl carbamates (subject to hydrolysis) is 1. The Labute approximate surface area is 116 Å². The first-order valence-corrected chi connectivity index (χ1v) is 7.67. The van der Waals surface area contributed by atoms with Crippen LogP contribution in [0.3, 0.4) is 0 Å². The number of hydrogen-bond acceptors (Lipinski definition) is 3. The Bertz CT molecular complexity index is 308. The van der Waals surface area contributed by atoms with Gasteiger partial charge in [0.25, 0.3) is 0 Å². The van der Waals surface area contributed by atoms with Gasteiger partial charge in [-0.25, -0.2) is 4.79 Å². The van der Waals surface area contributed by atoms with Crippen LogP contribution in [-0.2, 0) is 4.74 Å². The van der Waals surface area contributed by atoms with Gasteiger partial charge in [-0.15, -0.1) is 0 Å². The van der Waals surface area contributed by atoms with Crippen LogP contribution in [0, 0.1) is 5.92 Å². The molecule has 0 aromatic heterocycles. The van der Waals surface area contributed by atoms with Crippen molar-refractivity contribution >= 4 is 6.09 Å². The van der Waals surface area contributed by atoms with E-state index in [9.17, 15) is 4.79 Å². The molecule has 2 rings (SSSR count). The van der Waals surface area contributed by atoms with Crippen molar-refractivity contribution in [3.63, 3.8) is 0 Å². The van der Waals surface area contributed by atoms with Gasteiger partial charge in [0.05, 0.1) is 0 Å². The highest BCUT2D eigenvalue weighted by Crippen LogP contribution is 2.28. The Morgan fingerprint density at radius 2 is 1.84 bits per heavy atom. The SMILES string of the molecule is CC(C)(C)OC(=O)NCC1CCCCC1NC1CC1. The molecule has 2 saturated carbocycles. The van der Waals surface area contributed by atoms with E-state index in [1.807, 2.05) is 20.8 Å². The smallest absolute Gasteiger partial charge is 0.407 e. The van der Waals surface area contributed by atoms with Crippen LogP contribution in [0.2, 0.25) is 0 Å². The number of amides is 1. The number of hydrogen-bond donors (Lipinski definition) is 2. The largest absolute Gasteiger partial charge is 0.444 e. The minimum atomic E-state index is -0.414. The summed E-state index contributed by atoms with van der Waals surface area (Å²) in [4.78, 5) is 11.7. The van der Waals surface area contributed by atoms with Gasteiger partial charge in [-0.1, -0.05) is 12.8 Å². The van der Waals surface area contributed by atoms with E-state index in [0.29, 0.717) is 12.0 Å². The first-order valence-electron chi connectivity index (χ1n) is 7.67. The van der Waals surface area contributed by atoms with E-state index in [2.05, 4.69) is 10.6 Å².